The molecule has 20 heavy (non-hydrogen) atoms. The lowest BCUT2D eigenvalue weighted by Gasteiger charge is -2.07. The number of nitrogens with zero attached hydrogens (tertiary/aromatic N) is 3. The summed E-state index contributed by atoms with van der Waals surface area (Å²) < 4.78 is 2.14. The highest BCUT2D eigenvalue weighted by molar-refractivity contribution is 5.94. The number of pyridine rings is 2. The Morgan fingerprint density at radius 2 is 1.95 bits per heavy atom. The van der Waals surface area contributed by atoms with Crippen LogP contribution >= 0.6 is 0 Å². The summed E-state index contributed by atoms with van der Waals surface area (Å²) in [7, 11) is 0. The standard InChI is InChI=1S/C17H11N3/c1-11-7-13-5-4-12(10-18)8-16(13)20-15(11)9-14-3-2-6-19-17(14)20/h2-9H,1H3. The van der Waals surface area contributed by atoms with Crippen LogP contribution in [-0.2, 0) is 0 Å². The van der Waals surface area contributed by atoms with Gasteiger partial charge in [-0.3, -0.25) is 4.40 Å². The fourth-order valence-corrected chi connectivity index (χ4v) is 2.81. The van der Waals surface area contributed by atoms with Crippen LogP contribution in [0.15, 0.2) is 48.7 Å². The summed E-state index contributed by atoms with van der Waals surface area (Å²) >= 11 is 0. The van der Waals surface area contributed by atoms with Gasteiger partial charge in [-0.05, 0) is 54.3 Å². The van der Waals surface area contributed by atoms with Gasteiger partial charge in [0.1, 0.15) is 5.65 Å². The topological polar surface area (TPSA) is 41.1 Å². The van der Waals surface area contributed by atoms with Gasteiger partial charge >= 0.3 is 0 Å². The van der Waals surface area contributed by atoms with Crippen molar-refractivity contribution < 1.29 is 0 Å². The van der Waals surface area contributed by atoms with E-state index < -0.39 is 0 Å². The number of fused-ring (bicyclic) bond motifs is 5. The summed E-state index contributed by atoms with van der Waals surface area (Å²) in [4.78, 5) is 4.50. The molecule has 3 heteroatoms. The van der Waals surface area contributed by atoms with Crippen molar-refractivity contribution in [3.63, 3.8) is 0 Å². The summed E-state index contributed by atoms with van der Waals surface area (Å²) in [6.07, 6.45) is 1.80. The molecular weight excluding hydrogens is 246 g/mol. The van der Waals surface area contributed by atoms with Gasteiger partial charge in [-0.2, -0.15) is 5.26 Å². The SMILES string of the molecule is Cc1cc2ccc(C#N)cc2n2c1cc1cccnc12. The maximum absolute atomic E-state index is 9.11. The smallest absolute Gasteiger partial charge is 0.144 e. The normalized spacial score (nSPS) is 11.2. The Balaban J connectivity index is 2.35. The Bertz CT molecular complexity index is 1020. The van der Waals surface area contributed by atoms with E-state index in [1.807, 2.05) is 24.3 Å². The van der Waals surface area contributed by atoms with Gasteiger partial charge in [0.2, 0.25) is 0 Å². The lowest BCUT2D eigenvalue weighted by atomic mass is 10.1. The first kappa shape index (κ1) is 11.0. The van der Waals surface area contributed by atoms with Gasteiger partial charge < -0.3 is 0 Å². The predicted molar refractivity (Wildman–Crippen MR) is 79.7 cm³/mol. The molecule has 1 aromatic carbocycles. The van der Waals surface area contributed by atoms with Gasteiger partial charge in [-0.1, -0.05) is 6.07 Å². The van der Waals surface area contributed by atoms with Gasteiger partial charge in [-0.15, -0.1) is 0 Å². The maximum Gasteiger partial charge on any atom is 0.144 e. The second kappa shape index (κ2) is 3.82. The third-order valence-electron chi connectivity index (χ3n) is 3.74. The third-order valence-corrected chi connectivity index (χ3v) is 3.74. The van der Waals surface area contributed by atoms with Gasteiger partial charge in [0.05, 0.1) is 22.7 Å². The quantitative estimate of drug-likeness (QED) is 0.480. The van der Waals surface area contributed by atoms with Crippen LogP contribution in [0.1, 0.15) is 11.1 Å². The van der Waals surface area contributed by atoms with Crippen molar-refractivity contribution in [1.82, 2.24) is 9.38 Å². The zero-order valence-electron chi connectivity index (χ0n) is 11.0. The molecule has 0 bridgehead atoms. The minimum atomic E-state index is 0.667. The van der Waals surface area contributed by atoms with Crippen LogP contribution in [0.25, 0.3) is 27.5 Å². The van der Waals surface area contributed by atoms with Crippen molar-refractivity contribution in [3.8, 4) is 6.07 Å². The Morgan fingerprint density at radius 1 is 1.05 bits per heavy atom. The molecule has 0 unspecified atom stereocenters. The first-order valence-electron chi connectivity index (χ1n) is 6.47. The third kappa shape index (κ3) is 1.36. The van der Waals surface area contributed by atoms with E-state index >= 15 is 0 Å². The van der Waals surface area contributed by atoms with Crippen molar-refractivity contribution in [1.29, 1.82) is 5.26 Å². The van der Waals surface area contributed by atoms with Crippen LogP contribution in [0.3, 0.4) is 0 Å². The van der Waals surface area contributed by atoms with E-state index in [2.05, 4.69) is 40.6 Å². The Kier molecular flexibility index (Phi) is 2.10. The molecule has 3 aromatic heterocycles. The molecule has 0 amide bonds. The van der Waals surface area contributed by atoms with Crippen molar-refractivity contribution in [2.24, 2.45) is 0 Å². The number of rotatable bonds is 0. The van der Waals surface area contributed by atoms with Crippen molar-refractivity contribution in [2.75, 3.05) is 0 Å². The second-order valence-corrected chi connectivity index (χ2v) is 4.99. The Hall–Kier alpha value is -2.86. The van der Waals surface area contributed by atoms with E-state index in [9.17, 15) is 0 Å². The minimum Gasteiger partial charge on any atom is -0.294 e. The molecule has 0 saturated carbocycles. The molecule has 3 heterocycles. The maximum atomic E-state index is 9.11. The van der Waals surface area contributed by atoms with E-state index in [0.29, 0.717) is 5.56 Å². The molecule has 4 rings (SSSR count). The lowest BCUT2D eigenvalue weighted by molar-refractivity contribution is 1.23. The van der Waals surface area contributed by atoms with Gasteiger partial charge in [-0.25, -0.2) is 4.98 Å². The summed E-state index contributed by atoms with van der Waals surface area (Å²) in [5.41, 5.74) is 4.98. The molecule has 0 N–H and O–H groups in total. The molecule has 0 aliphatic heterocycles. The Labute approximate surface area is 115 Å². The lowest BCUT2D eigenvalue weighted by Crippen LogP contribution is -1.92. The first-order chi connectivity index (χ1) is 9.78. The number of nitriles is 1. The van der Waals surface area contributed by atoms with Crippen LogP contribution < -0.4 is 0 Å². The summed E-state index contributed by atoms with van der Waals surface area (Å²) in [5, 5.41) is 11.4. The van der Waals surface area contributed by atoms with Crippen LogP contribution in [-0.4, -0.2) is 9.38 Å². The second-order valence-electron chi connectivity index (χ2n) is 4.99. The van der Waals surface area contributed by atoms with Crippen molar-refractivity contribution in [3.05, 3.63) is 59.8 Å². The molecule has 0 radical (unpaired) electrons. The average molecular weight is 257 g/mol. The average Bonchev–Trinajstić information content (AvgIpc) is 2.87. The number of aryl methyl sites for hydroxylation is 1. The number of aromatic nitrogens is 2. The zero-order valence-corrected chi connectivity index (χ0v) is 11.0. The van der Waals surface area contributed by atoms with E-state index in [1.54, 1.807) is 6.20 Å². The largest absolute Gasteiger partial charge is 0.294 e. The molecule has 0 spiro atoms. The molecule has 0 atom stereocenters. The van der Waals surface area contributed by atoms with Crippen LogP contribution in [0.4, 0.5) is 0 Å². The van der Waals surface area contributed by atoms with Crippen molar-refractivity contribution in [2.45, 2.75) is 6.92 Å². The first-order valence-corrected chi connectivity index (χ1v) is 6.47. The highest BCUT2D eigenvalue weighted by Crippen LogP contribution is 2.27. The monoisotopic (exact) mass is 257 g/mol. The number of hydrogen-bond donors (Lipinski definition) is 0. The highest BCUT2D eigenvalue weighted by atomic mass is 15.0. The predicted octanol–water partition coefficient (Wildman–Crippen LogP) is 3.82. The zero-order chi connectivity index (χ0) is 13.7. The number of hydrogen-bond acceptors (Lipinski definition) is 2. The van der Waals surface area contributed by atoms with Crippen LogP contribution in [0, 0.1) is 18.3 Å². The van der Waals surface area contributed by atoms with E-state index in [4.69, 9.17) is 5.26 Å². The van der Waals surface area contributed by atoms with E-state index in [1.165, 1.54) is 5.56 Å². The Morgan fingerprint density at radius 3 is 2.80 bits per heavy atom. The molecule has 3 nitrogen and oxygen atoms in total. The van der Waals surface area contributed by atoms with E-state index in [0.717, 1.165) is 27.5 Å². The van der Waals surface area contributed by atoms with Gasteiger partial charge in [0.25, 0.3) is 0 Å². The van der Waals surface area contributed by atoms with Crippen LogP contribution in [0.2, 0.25) is 0 Å². The number of benzene rings is 1. The molecular formula is C17H11N3. The fraction of sp³-hybridized carbons (Fsp3) is 0.0588. The van der Waals surface area contributed by atoms with Crippen molar-refractivity contribution >= 4 is 27.5 Å². The molecule has 4 aromatic rings. The molecule has 0 saturated heterocycles. The molecule has 94 valence electrons. The minimum absolute atomic E-state index is 0.667. The molecule has 0 fully saturated rings. The summed E-state index contributed by atoms with van der Waals surface area (Å²) in [6, 6.07) is 16.3. The molecule has 0 aliphatic carbocycles. The van der Waals surface area contributed by atoms with Gasteiger partial charge in [0.15, 0.2) is 0 Å². The van der Waals surface area contributed by atoms with Gasteiger partial charge in [0, 0.05) is 11.6 Å². The van der Waals surface area contributed by atoms with E-state index in [-0.39, 0.29) is 0 Å². The summed E-state index contributed by atoms with van der Waals surface area (Å²) in [6.45, 7) is 2.10. The fourth-order valence-electron chi connectivity index (χ4n) is 2.81. The highest BCUT2D eigenvalue weighted by Gasteiger charge is 2.10. The van der Waals surface area contributed by atoms with Crippen LogP contribution in [0.5, 0.6) is 0 Å². The molecule has 0 aliphatic rings. The summed E-state index contributed by atoms with van der Waals surface area (Å²) in [5.74, 6) is 0.